The van der Waals surface area contributed by atoms with Crippen molar-refractivity contribution >= 4 is 51.6 Å². The number of rotatable bonds is 4. The van der Waals surface area contributed by atoms with Gasteiger partial charge in [0.2, 0.25) is 0 Å². The third-order valence-corrected chi connectivity index (χ3v) is 7.47. The molecule has 4 rings (SSSR count). The molecule has 0 aromatic heterocycles. The molecule has 0 spiro atoms. The van der Waals surface area contributed by atoms with Gasteiger partial charge in [-0.1, -0.05) is 54.4 Å². The molecule has 1 N–H and O–H groups in total. The highest BCUT2D eigenvalue weighted by Crippen LogP contribution is 2.39. The summed E-state index contributed by atoms with van der Waals surface area (Å²) in [6.45, 7) is 5.76. The smallest absolute Gasteiger partial charge is 0.317 e. The maximum atomic E-state index is 12.5. The number of allylic oxidation sites excluding steroid dienone is 1. The number of thioether (sulfide) groups is 1. The van der Waals surface area contributed by atoms with Crippen molar-refractivity contribution < 1.29 is 4.79 Å². The number of nitrogens with one attached hydrogen (secondary N) is 1. The molecule has 1 saturated heterocycles. The molecule has 7 heteroatoms. The monoisotopic (exact) mass is 461 g/mol. The van der Waals surface area contributed by atoms with Gasteiger partial charge >= 0.3 is 6.03 Å². The van der Waals surface area contributed by atoms with Crippen LogP contribution in [0.1, 0.15) is 24.5 Å². The lowest BCUT2D eigenvalue weighted by Crippen LogP contribution is -2.51. The Balaban J connectivity index is 1.27. The maximum absolute atomic E-state index is 12.5. The van der Waals surface area contributed by atoms with Gasteiger partial charge in [-0.25, -0.2) is 4.79 Å². The molecule has 2 heterocycles. The molecule has 30 heavy (non-hydrogen) atoms. The van der Waals surface area contributed by atoms with Crippen LogP contribution >= 0.6 is 35.0 Å². The van der Waals surface area contributed by atoms with E-state index >= 15 is 0 Å². The Kier molecular flexibility index (Phi) is 6.81. The summed E-state index contributed by atoms with van der Waals surface area (Å²) >= 11 is 13.9. The maximum Gasteiger partial charge on any atom is 0.317 e. The van der Waals surface area contributed by atoms with Crippen LogP contribution in [0, 0.1) is 0 Å². The number of hydrogen-bond acceptors (Lipinski definition) is 3. The van der Waals surface area contributed by atoms with Crippen molar-refractivity contribution in [2.75, 3.05) is 31.1 Å². The van der Waals surface area contributed by atoms with Crippen LogP contribution < -0.4 is 10.2 Å². The van der Waals surface area contributed by atoms with Crippen molar-refractivity contribution in [1.82, 2.24) is 10.2 Å². The summed E-state index contributed by atoms with van der Waals surface area (Å²) in [5.74, 6) is 0. The average Bonchev–Trinajstić information content (AvgIpc) is 3.21. The van der Waals surface area contributed by atoms with E-state index in [1.165, 1.54) is 16.2 Å². The summed E-state index contributed by atoms with van der Waals surface area (Å²) in [5, 5.41) is 4.66. The van der Waals surface area contributed by atoms with Crippen molar-refractivity contribution in [1.29, 1.82) is 0 Å². The van der Waals surface area contributed by atoms with Crippen LogP contribution in [0.15, 0.2) is 48.5 Å². The van der Waals surface area contributed by atoms with E-state index < -0.39 is 0 Å². The SMILES string of the molecule is CC1CC=C(c2ccc(N3CCN(C(=O)NCc4ccc(Cl)c(Cl)c4)CC3)cc2)S1. The minimum absolute atomic E-state index is 0.0459. The number of anilines is 1. The molecule has 4 nitrogen and oxygen atoms in total. The standard InChI is InChI=1S/C23H25Cl2N3OS/c1-16-2-9-22(30-16)18-4-6-19(7-5-18)27-10-12-28(13-11-27)23(29)26-15-17-3-8-20(24)21(25)14-17/h3-9,14,16H,2,10-13,15H2,1H3,(H,26,29). The van der Waals surface area contributed by atoms with Gasteiger partial charge in [0.25, 0.3) is 0 Å². The second-order valence-corrected chi connectivity index (χ2v) is 9.96. The van der Waals surface area contributed by atoms with Gasteiger partial charge in [-0.3, -0.25) is 0 Å². The van der Waals surface area contributed by atoms with Gasteiger partial charge < -0.3 is 15.1 Å². The van der Waals surface area contributed by atoms with E-state index in [0.29, 0.717) is 34.9 Å². The summed E-state index contributed by atoms with van der Waals surface area (Å²) in [4.78, 5) is 18.1. The van der Waals surface area contributed by atoms with Gasteiger partial charge in [0, 0.05) is 48.6 Å². The van der Waals surface area contributed by atoms with E-state index in [1.54, 1.807) is 12.1 Å². The Labute approximate surface area is 192 Å². The highest BCUT2D eigenvalue weighted by Gasteiger charge is 2.21. The van der Waals surface area contributed by atoms with Gasteiger partial charge in [-0.05, 0) is 41.8 Å². The Morgan fingerprint density at radius 3 is 2.43 bits per heavy atom. The largest absolute Gasteiger partial charge is 0.368 e. The van der Waals surface area contributed by atoms with Crippen LogP contribution in [-0.2, 0) is 6.54 Å². The number of piperazine rings is 1. The first-order chi connectivity index (χ1) is 14.5. The minimum Gasteiger partial charge on any atom is -0.368 e. The lowest BCUT2D eigenvalue weighted by atomic mass is 10.1. The van der Waals surface area contributed by atoms with Gasteiger partial charge in [0.05, 0.1) is 10.0 Å². The Bertz CT molecular complexity index is 940. The first kappa shape index (κ1) is 21.4. The number of carbonyl (C=O) groups excluding carboxylic acids is 1. The predicted molar refractivity (Wildman–Crippen MR) is 129 cm³/mol. The lowest BCUT2D eigenvalue weighted by molar-refractivity contribution is 0.194. The molecule has 158 valence electrons. The third-order valence-electron chi connectivity index (χ3n) is 5.47. The fourth-order valence-electron chi connectivity index (χ4n) is 3.72. The van der Waals surface area contributed by atoms with Crippen molar-refractivity contribution in [2.24, 2.45) is 0 Å². The molecule has 2 aromatic rings. The van der Waals surface area contributed by atoms with Crippen molar-refractivity contribution in [3.63, 3.8) is 0 Å². The van der Waals surface area contributed by atoms with Gasteiger partial charge in [0.15, 0.2) is 0 Å². The van der Waals surface area contributed by atoms with Crippen LogP contribution in [0.2, 0.25) is 10.0 Å². The summed E-state index contributed by atoms with van der Waals surface area (Å²) in [6.07, 6.45) is 3.48. The molecule has 1 unspecified atom stereocenters. The fourth-order valence-corrected chi connectivity index (χ4v) is 5.13. The number of hydrogen-bond donors (Lipinski definition) is 1. The second kappa shape index (κ2) is 9.54. The predicted octanol–water partition coefficient (Wildman–Crippen LogP) is 5.89. The van der Waals surface area contributed by atoms with E-state index in [4.69, 9.17) is 23.2 Å². The van der Waals surface area contributed by atoms with E-state index in [1.807, 2.05) is 22.7 Å². The van der Waals surface area contributed by atoms with E-state index in [-0.39, 0.29) is 6.03 Å². The molecular formula is C23H25Cl2N3OS. The average molecular weight is 462 g/mol. The zero-order valence-electron chi connectivity index (χ0n) is 16.9. The molecule has 2 aliphatic rings. The van der Waals surface area contributed by atoms with Gasteiger partial charge in [-0.2, -0.15) is 0 Å². The van der Waals surface area contributed by atoms with Crippen LogP contribution in [0.5, 0.6) is 0 Å². The molecule has 2 amide bonds. The molecule has 2 aromatic carbocycles. The zero-order valence-corrected chi connectivity index (χ0v) is 19.2. The van der Waals surface area contributed by atoms with Crippen LogP contribution in [-0.4, -0.2) is 42.4 Å². The topological polar surface area (TPSA) is 35.6 Å². The molecule has 0 bridgehead atoms. The highest BCUT2D eigenvalue weighted by atomic mass is 35.5. The van der Waals surface area contributed by atoms with Crippen molar-refractivity contribution in [3.05, 3.63) is 69.7 Å². The van der Waals surface area contributed by atoms with Crippen LogP contribution in [0.25, 0.3) is 4.91 Å². The minimum atomic E-state index is -0.0459. The Hall–Kier alpha value is -1.82. The first-order valence-electron chi connectivity index (χ1n) is 10.2. The van der Waals surface area contributed by atoms with E-state index in [9.17, 15) is 4.79 Å². The fraction of sp³-hybridized carbons (Fsp3) is 0.348. The first-order valence-corrected chi connectivity index (χ1v) is 11.8. The third kappa shape index (κ3) is 5.08. The Morgan fingerprint density at radius 2 is 1.80 bits per heavy atom. The molecule has 1 atom stereocenters. The van der Waals surface area contributed by atoms with Gasteiger partial charge in [0.1, 0.15) is 0 Å². The van der Waals surface area contributed by atoms with E-state index in [0.717, 1.165) is 25.1 Å². The number of benzene rings is 2. The summed E-state index contributed by atoms with van der Waals surface area (Å²) in [5.41, 5.74) is 3.45. The number of urea groups is 1. The van der Waals surface area contributed by atoms with Crippen LogP contribution in [0.4, 0.5) is 10.5 Å². The molecule has 0 aliphatic carbocycles. The molecule has 0 saturated carbocycles. The number of halogens is 2. The molecular weight excluding hydrogens is 437 g/mol. The van der Waals surface area contributed by atoms with Crippen LogP contribution in [0.3, 0.4) is 0 Å². The summed E-state index contributed by atoms with van der Waals surface area (Å²) < 4.78 is 0. The lowest BCUT2D eigenvalue weighted by Gasteiger charge is -2.36. The number of carbonyl (C=O) groups is 1. The number of amides is 2. The summed E-state index contributed by atoms with van der Waals surface area (Å²) in [7, 11) is 0. The van der Waals surface area contributed by atoms with Gasteiger partial charge in [-0.15, -0.1) is 11.8 Å². The van der Waals surface area contributed by atoms with E-state index in [2.05, 4.69) is 47.5 Å². The number of nitrogens with zero attached hydrogens (tertiary/aromatic N) is 2. The second-order valence-electron chi connectivity index (χ2n) is 7.66. The molecule has 0 radical (unpaired) electrons. The van der Waals surface area contributed by atoms with Crippen molar-refractivity contribution in [2.45, 2.75) is 25.1 Å². The normalized spacial score (nSPS) is 19.0. The molecule has 1 fully saturated rings. The molecule has 2 aliphatic heterocycles. The quantitative estimate of drug-likeness (QED) is 0.615. The Morgan fingerprint density at radius 1 is 1.07 bits per heavy atom. The van der Waals surface area contributed by atoms with Crippen molar-refractivity contribution in [3.8, 4) is 0 Å². The highest BCUT2D eigenvalue weighted by molar-refractivity contribution is 8.09. The zero-order chi connectivity index (χ0) is 21.1. The summed E-state index contributed by atoms with van der Waals surface area (Å²) in [6, 6.07) is 14.2.